The van der Waals surface area contributed by atoms with Crippen molar-refractivity contribution in [3.05, 3.63) is 17.8 Å². The zero-order valence-corrected chi connectivity index (χ0v) is 7.74. The molecule has 1 aromatic heterocycles. The lowest BCUT2D eigenvalue weighted by Crippen LogP contribution is -2.09. The van der Waals surface area contributed by atoms with E-state index in [1.807, 2.05) is 19.9 Å². The van der Waals surface area contributed by atoms with Gasteiger partial charge in [-0.2, -0.15) is 5.10 Å². The van der Waals surface area contributed by atoms with Crippen LogP contribution in [0.4, 0.5) is 0 Å². The zero-order valence-electron chi connectivity index (χ0n) is 7.74. The highest BCUT2D eigenvalue weighted by atomic mass is 16.5. The molecule has 0 saturated heterocycles. The first-order valence-electron chi connectivity index (χ1n) is 4.21. The molecule has 0 N–H and O–H groups in total. The third-order valence-electron chi connectivity index (χ3n) is 1.49. The third-order valence-corrected chi connectivity index (χ3v) is 1.49. The lowest BCUT2D eigenvalue weighted by molar-refractivity contribution is 0.227. The maximum absolute atomic E-state index is 5.46. The van der Waals surface area contributed by atoms with Crippen LogP contribution in [0.15, 0.2) is 12.3 Å². The van der Waals surface area contributed by atoms with Gasteiger partial charge in [-0.25, -0.2) is 0 Å². The summed E-state index contributed by atoms with van der Waals surface area (Å²) in [6, 6.07) is 1.94. The standard InChI is InChI=1S/C9H14N2O/c1-4-8-5-6-10-11-9(8)12-7(2)3/h5-7H,4H2,1-3H3. The van der Waals surface area contributed by atoms with Gasteiger partial charge in [0.15, 0.2) is 0 Å². The highest BCUT2D eigenvalue weighted by Crippen LogP contribution is 2.14. The quantitative estimate of drug-likeness (QED) is 0.687. The lowest BCUT2D eigenvalue weighted by Gasteiger charge is -2.10. The van der Waals surface area contributed by atoms with Crippen LogP contribution in [0.2, 0.25) is 0 Å². The Labute approximate surface area is 72.8 Å². The molecule has 0 saturated carbocycles. The summed E-state index contributed by atoms with van der Waals surface area (Å²) in [6.07, 6.45) is 2.77. The van der Waals surface area contributed by atoms with Gasteiger partial charge in [0.05, 0.1) is 12.3 Å². The van der Waals surface area contributed by atoms with Crippen molar-refractivity contribution in [2.45, 2.75) is 33.3 Å². The van der Waals surface area contributed by atoms with Gasteiger partial charge in [-0.1, -0.05) is 6.92 Å². The lowest BCUT2D eigenvalue weighted by atomic mass is 10.2. The molecule has 0 aromatic carbocycles. The second-order valence-electron chi connectivity index (χ2n) is 2.88. The molecule has 0 spiro atoms. The van der Waals surface area contributed by atoms with Crippen LogP contribution in [0.3, 0.4) is 0 Å². The van der Waals surface area contributed by atoms with Crippen LogP contribution in [0.1, 0.15) is 26.3 Å². The minimum atomic E-state index is 0.159. The molecule has 0 aliphatic rings. The molecule has 1 heterocycles. The first kappa shape index (κ1) is 8.97. The smallest absolute Gasteiger partial charge is 0.236 e. The monoisotopic (exact) mass is 166 g/mol. The third kappa shape index (κ3) is 2.19. The van der Waals surface area contributed by atoms with E-state index in [-0.39, 0.29) is 6.10 Å². The summed E-state index contributed by atoms with van der Waals surface area (Å²) in [7, 11) is 0. The summed E-state index contributed by atoms with van der Waals surface area (Å²) in [6.45, 7) is 6.03. The molecule has 3 nitrogen and oxygen atoms in total. The van der Waals surface area contributed by atoms with E-state index >= 15 is 0 Å². The van der Waals surface area contributed by atoms with Crippen LogP contribution in [0.25, 0.3) is 0 Å². The van der Waals surface area contributed by atoms with Crippen LogP contribution in [0, 0.1) is 0 Å². The second kappa shape index (κ2) is 4.04. The van der Waals surface area contributed by atoms with Crippen LogP contribution in [-0.4, -0.2) is 16.3 Å². The Morgan fingerprint density at radius 3 is 2.83 bits per heavy atom. The maximum atomic E-state index is 5.46. The number of aromatic nitrogens is 2. The molecule has 1 aromatic rings. The van der Waals surface area contributed by atoms with Gasteiger partial charge in [-0.15, -0.1) is 5.10 Å². The molecule has 66 valence electrons. The van der Waals surface area contributed by atoms with Gasteiger partial charge in [0.1, 0.15) is 0 Å². The summed E-state index contributed by atoms with van der Waals surface area (Å²) in [4.78, 5) is 0. The van der Waals surface area contributed by atoms with E-state index in [0.29, 0.717) is 5.88 Å². The maximum Gasteiger partial charge on any atom is 0.236 e. The first-order chi connectivity index (χ1) is 5.74. The van der Waals surface area contributed by atoms with Crippen LogP contribution in [0.5, 0.6) is 5.88 Å². The predicted octanol–water partition coefficient (Wildman–Crippen LogP) is 1.83. The number of nitrogens with zero attached hydrogens (tertiary/aromatic N) is 2. The fourth-order valence-corrected chi connectivity index (χ4v) is 0.936. The molecule has 0 amide bonds. The Hall–Kier alpha value is -1.12. The van der Waals surface area contributed by atoms with Gasteiger partial charge in [0.2, 0.25) is 5.88 Å². The van der Waals surface area contributed by atoms with Crippen molar-refractivity contribution in [2.24, 2.45) is 0 Å². The van der Waals surface area contributed by atoms with Crippen molar-refractivity contribution in [1.82, 2.24) is 10.2 Å². The van der Waals surface area contributed by atoms with Crippen LogP contribution < -0.4 is 4.74 Å². The normalized spacial score (nSPS) is 10.3. The van der Waals surface area contributed by atoms with E-state index in [1.54, 1.807) is 6.20 Å². The average molecular weight is 166 g/mol. The van der Waals surface area contributed by atoms with E-state index in [4.69, 9.17) is 4.74 Å². The van der Waals surface area contributed by atoms with Gasteiger partial charge in [0, 0.05) is 5.56 Å². The number of rotatable bonds is 3. The highest BCUT2D eigenvalue weighted by molar-refractivity contribution is 5.22. The van der Waals surface area contributed by atoms with E-state index in [0.717, 1.165) is 12.0 Å². The second-order valence-corrected chi connectivity index (χ2v) is 2.88. The fourth-order valence-electron chi connectivity index (χ4n) is 0.936. The van der Waals surface area contributed by atoms with Crippen LogP contribution in [-0.2, 0) is 6.42 Å². The van der Waals surface area contributed by atoms with Gasteiger partial charge >= 0.3 is 0 Å². The predicted molar refractivity (Wildman–Crippen MR) is 47.2 cm³/mol. The molecule has 1 rings (SSSR count). The van der Waals surface area contributed by atoms with Crippen molar-refractivity contribution in [3.63, 3.8) is 0 Å². The molecule has 3 heteroatoms. The topological polar surface area (TPSA) is 35.0 Å². The first-order valence-corrected chi connectivity index (χ1v) is 4.21. The van der Waals surface area contributed by atoms with E-state index in [2.05, 4.69) is 17.1 Å². The van der Waals surface area contributed by atoms with Crippen molar-refractivity contribution >= 4 is 0 Å². The molecule has 12 heavy (non-hydrogen) atoms. The molecule has 0 aliphatic heterocycles. The number of hydrogen-bond donors (Lipinski definition) is 0. The summed E-state index contributed by atoms with van der Waals surface area (Å²) >= 11 is 0. The molecule has 0 bridgehead atoms. The van der Waals surface area contributed by atoms with E-state index < -0.39 is 0 Å². The van der Waals surface area contributed by atoms with Gasteiger partial charge in [-0.3, -0.25) is 0 Å². The van der Waals surface area contributed by atoms with Crippen LogP contribution >= 0.6 is 0 Å². The Bertz CT molecular complexity index is 248. The molecular weight excluding hydrogens is 152 g/mol. The summed E-state index contributed by atoms with van der Waals surface area (Å²) in [5.74, 6) is 0.662. The number of ether oxygens (including phenoxy) is 1. The van der Waals surface area contributed by atoms with Gasteiger partial charge in [0.25, 0.3) is 0 Å². The largest absolute Gasteiger partial charge is 0.474 e. The Morgan fingerprint density at radius 1 is 1.50 bits per heavy atom. The van der Waals surface area contributed by atoms with Gasteiger partial charge in [-0.05, 0) is 26.3 Å². The summed E-state index contributed by atoms with van der Waals surface area (Å²) in [5, 5.41) is 7.69. The SMILES string of the molecule is CCc1ccnnc1OC(C)C. The van der Waals surface area contributed by atoms with Crippen molar-refractivity contribution < 1.29 is 4.74 Å². The van der Waals surface area contributed by atoms with Crippen molar-refractivity contribution in [1.29, 1.82) is 0 Å². The van der Waals surface area contributed by atoms with Crippen molar-refractivity contribution in [3.8, 4) is 5.88 Å². The number of hydrogen-bond acceptors (Lipinski definition) is 3. The molecule has 0 aliphatic carbocycles. The average Bonchev–Trinajstić information content (AvgIpc) is 2.04. The number of aryl methyl sites for hydroxylation is 1. The molecule has 0 radical (unpaired) electrons. The van der Waals surface area contributed by atoms with E-state index in [1.165, 1.54) is 0 Å². The molecule has 0 fully saturated rings. The molecule has 0 unspecified atom stereocenters. The fraction of sp³-hybridized carbons (Fsp3) is 0.556. The minimum absolute atomic E-state index is 0.159. The molecule has 0 atom stereocenters. The minimum Gasteiger partial charge on any atom is -0.474 e. The summed E-state index contributed by atoms with van der Waals surface area (Å²) in [5.41, 5.74) is 1.11. The molecular formula is C9H14N2O. The Balaban J connectivity index is 2.82. The Morgan fingerprint density at radius 2 is 2.25 bits per heavy atom. The Kier molecular flexibility index (Phi) is 3.02. The summed E-state index contributed by atoms with van der Waals surface area (Å²) < 4.78 is 5.46. The zero-order chi connectivity index (χ0) is 8.97. The van der Waals surface area contributed by atoms with Crippen molar-refractivity contribution in [2.75, 3.05) is 0 Å². The van der Waals surface area contributed by atoms with Gasteiger partial charge < -0.3 is 4.74 Å². The van der Waals surface area contributed by atoms with E-state index in [9.17, 15) is 0 Å². The highest BCUT2D eigenvalue weighted by Gasteiger charge is 2.04.